The Kier molecular flexibility index (Phi) is 15.3. The van der Waals surface area contributed by atoms with Gasteiger partial charge in [-0.2, -0.15) is 0 Å². The summed E-state index contributed by atoms with van der Waals surface area (Å²) in [5.41, 5.74) is 7.63. The van der Waals surface area contributed by atoms with Crippen LogP contribution in [0.1, 0.15) is 153 Å². The molecule has 0 atom stereocenters. The van der Waals surface area contributed by atoms with Crippen molar-refractivity contribution in [2.24, 2.45) is 0 Å². The largest absolute Gasteiger partial charge is 0.253 e. The summed E-state index contributed by atoms with van der Waals surface area (Å²) in [5, 5.41) is 1.54. The molecule has 0 fully saturated rings. The van der Waals surface area contributed by atoms with E-state index in [9.17, 15) is 0 Å². The molecule has 192 valence electrons. The van der Waals surface area contributed by atoms with Gasteiger partial charge >= 0.3 is 0 Å². The second-order valence-electron chi connectivity index (χ2n) is 10.6. The van der Waals surface area contributed by atoms with Gasteiger partial charge in [-0.25, -0.2) is 0 Å². The van der Waals surface area contributed by atoms with Crippen molar-refractivity contribution in [3.8, 4) is 0 Å². The Balaban J connectivity index is 2.44. The van der Waals surface area contributed by atoms with E-state index in [4.69, 9.17) is 4.98 Å². The Labute approximate surface area is 212 Å². The van der Waals surface area contributed by atoms with Crippen molar-refractivity contribution in [1.29, 1.82) is 0 Å². The molecule has 1 aromatic heterocycles. The summed E-state index contributed by atoms with van der Waals surface area (Å²) in [6.45, 7) is 9.26. The molecule has 1 aromatic carbocycles. The number of fused-ring (bicyclic) bond motifs is 1. The van der Waals surface area contributed by atoms with Crippen LogP contribution in [0.2, 0.25) is 0 Å². The topological polar surface area (TPSA) is 12.9 Å². The van der Waals surface area contributed by atoms with E-state index in [1.54, 1.807) is 22.1 Å². The zero-order chi connectivity index (χ0) is 24.4. The number of hydrogen-bond donors (Lipinski definition) is 0. The van der Waals surface area contributed by atoms with Crippen molar-refractivity contribution in [2.45, 2.75) is 156 Å². The Hall–Kier alpha value is -1.37. The number of rotatable bonds is 20. The maximum Gasteiger partial charge on any atom is 0.0711 e. The summed E-state index contributed by atoms with van der Waals surface area (Å²) in [6.07, 6.45) is 26.2. The number of nitrogens with zero attached hydrogens (tertiary/aromatic N) is 1. The van der Waals surface area contributed by atoms with E-state index in [2.05, 4.69) is 45.9 Å². The van der Waals surface area contributed by atoms with E-state index >= 15 is 0 Å². The van der Waals surface area contributed by atoms with Gasteiger partial charge in [0.25, 0.3) is 0 Å². The molecule has 0 amide bonds. The minimum absolute atomic E-state index is 1.17. The van der Waals surface area contributed by atoms with Crippen molar-refractivity contribution >= 4 is 10.9 Å². The van der Waals surface area contributed by atoms with Gasteiger partial charge in [0.05, 0.1) is 5.52 Å². The van der Waals surface area contributed by atoms with Crippen LogP contribution >= 0.6 is 0 Å². The van der Waals surface area contributed by atoms with E-state index in [1.807, 2.05) is 0 Å². The standard InChI is InChI=1S/C33H55N/c1-5-9-13-17-22-28-23-21-27-32-33(28)30(25-19-15-11-7-3)29(24-18-14-10-6-2)31(34-32)26-20-16-12-8-4/h21,23,27H,5-20,22,24-26H2,1-4H3. The number of aromatic nitrogens is 1. The molecule has 1 nitrogen and oxygen atoms in total. The second kappa shape index (κ2) is 18.0. The van der Waals surface area contributed by atoms with Crippen LogP contribution in [0.3, 0.4) is 0 Å². The monoisotopic (exact) mass is 465 g/mol. The van der Waals surface area contributed by atoms with Gasteiger partial charge in [0.15, 0.2) is 0 Å². The Morgan fingerprint density at radius 2 is 1.00 bits per heavy atom. The lowest BCUT2D eigenvalue weighted by Gasteiger charge is -2.20. The maximum atomic E-state index is 5.38. The lowest BCUT2D eigenvalue weighted by Crippen LogP contribution is -2.08. The highest BCUT2D eigenvalue weighted by molar-refractivity contribution is 5.87. The predicted molar refractivity (Wildman–Crippen MR) is 153 cm³/mol. The molecule has 34 heavy (non-hydrogen) atoms. The third kappa shape index (κ3) is 9.71. The van der Waals surface area contributed by atoms with Crippen molar-refractivity contribution < 1.29 is 0 Å². The van der Waals surface area contributed by atoms with Crippen molar-refractivity contribution in [2.75, 3.05) is 0 Å². The van der Waals surface area contributed by atoms with E-state index < -0.39 is 0 Å². The Morgan fingerprint density at radius 3 is 1.56 bits per heavy atom. The van der Waals surface area contributed by atoms with E-state index in [1.165, 1.54) is 140 Å². The molecule has 0 aliphatic rings. The summed E-state index contributed by atoms with van der Waals surface area (Å²) in [7, 11) is 0. The summed E-state index contributed by atoms with van der Waals surface area (Å²) in [4.78, 5) is 5.38. The third-order valence-electron chi connectivity index (χ3n) is 7.53. The zero-order valence-corrected chi connectivity index (χ0v) is 23.3. The fourth-order valence-electron chi connectivity index (χ4n) is 5.47. The second-order valence-corrected chi connectivity index (χ2v) is 10.6. The highest BCUT2D eigenvalue weighted by atomic mass is 14.7. The van der Waals surface area contributed by atoms with Gasteiger partial charge < -0.3 is 0 Å². The van der Waals surface area contributed by atoms with Gasteiger partial charge in [0, 0.05) is 11.1 Å². The quantitative estimate of drug-likeness (QED) is 0.177. The highest BCUT2D eigenvalue weighted by Gasteiger charge is 2.17. The van der Waals surface area contributed by atoms with Crippen LogP contribution in [0.4, 0.5) is 0 Å². The fraction of sp³-hybridized carbons (Fsp3) is 0.727. The summed E-state index contributed by atoms with van der Waals surface area (Å²) < 4.78 is 0. The van der Waals surface area contributed by atoms with E-state index in [-0.39, 0.29) is 0 Å². The lowest BCUT2D eigenvalue weighted by atomic mass is 9.88. The van der Waals surface area contributed by atoms with Gasteiger partial charge in [0.2, 0.25) is 0 Å². The maximum absolute atomic E-state index is 5.38. The van der Waals surface area contributed by atoms with Crippen LogP contribution in [-0.2, 0) is 25.7 Å². The number of unbranched alkanes of at least 4 members (excludes halogenated alkanes) is 12. The first-order valence-electron chi connectivity index (χ1n) is 15.2. The van der Waals surface area contributed by atoms with Crippen LogP contribution < -0.4 is 0 Å². The molecule has 0 bridgehead atoms. The molecular weight excluding hydrogens is 410 g/mol. The number of aryl methyl sites for hydroxylation is 3. The molecule has 0 N–H and O–H groups in total. The van der Waals surface area contributed by atoms with Gasteiger partial charge in [0.1, 0.15) is 0 Å². The average Bonchev–Trinajstić information content (AvgIpc) is 2.85. The Bertz CT molecular complexity index is 791. The number of hydrogen-bond acceptors (Lipinski definition) is 1. The zero-order valence-electron chi connectivity index (χ0n) is 23.3. The van der Waals surface area contributed by atoms with Gasteiger partial charge in [-0.1, -0.05) is 117 Å². The van der Waals surface area contributed by atoms with Gasteiger partial charge in [-0.15, -0.1) is 0 Å². The first kappa shape index (κ1) is 28.9. The van der Waals surface area contributed by atoms with E-state index in [0.29, 0.717) is 0 Å². The summed E-state index contributed by atoms with van der Waals surface area (Å²) in [6, 6.07) is 6.98. The molecule has 1 heteroatoms. The fourth-order valence-corrected chi connectivity index (χ4v) is 5.47. The third-order valence-corrected chi connectivity index (χ3v) is 7.53. The molecule has 0 spiro atoms. The highest BCUT2D eigenvalue weighted by Crippen LogP contribution is 2.32. The van der Waals surface area contributed by atoms with Gasteiger partial charge in [-0.05, 0) is 74.1 Å². The predicted octanol–water partition coefficient (Wildman–Crippen LogP) is 10.7. The molecule has 0 radical (unpaired) electrons. The van der Waals surface area contributed by atoms with Crippen LogP contribution in [0.25, 0.3) is 10.9 Å². The molecule has 2 aromatic rings. The molecule has 0 unspecified atom stereocenters. The summed E-state index contributed by atoms with van der Waals surface area (Å²) in [5.74, 6) is 0. The average molecular weight is 466 g/mol. The Morgan fingerprint density at radius 1 is 0.500 bits per heavy atom. The smallest absolute Gasteiger partial charge is 0.0711 e. The minimum atomic E-state index is 1.17. The van der Waals surface area contributed by atoms with Gasteiger partial charge in [-0.3, -0.25) is 4.98 Å². The number of benzene rings is 1. The molecule has 0 aliphatic heterocycles. The first-order valence-corrected chi connectivity index (χ1v) is 15.2. The first-order chi connectivity index (χ1) is 16.8. The van der Waals surface area contributed by atoms with Crippen LogP contribution in [0.5, 0.6) is 0 Å². The molecule has 0 saturated heterocycles. The lowest BCUT2D eigenvalue weighted by molar-refractivity contribution is 0.635. The van der Waals surface area contributed by atoms with Crippen LogP contribution in [0, 0.1) is 0 Å². The van der Waals surface area contributed by atoms with Crippen molar-refractivity contribution in [1.82, 2.24) is 4.98 Å². The molecule has 1 heterocycles. The van der Waals surface area contributed by atoms with Crippen molar-refractivity contribution in [3.05, 3.63) is 40.6 Å². The molecule has 0 aliphatic carbocycles. The van der Waals surface area contributed by atoms with Crippen molar-refractivity contribution in [3.63, 3.8) is 0 Å². The normalized spacial score (nSPS) is 11.5. The minimum Gasteiger partial charge on any atom is -0.253 e. The molecule has 0 saturated carbocycles. The van der Waals surface area contributed by atoms with E-state index in [0.717, 1.165) is 0 Å². The SMILES string of the molecule is CCCCCCc1nc2cccc(CCCCCC)c2c(CCCCCC)c1CCCCCC. The van der Waals surface area contributed by atoms with Crippen LogP contribution in [0.15, 0.2) is 18.2 Å². The summed E-state index contributed by atoms with van der Waals surface area (Å²) >= 11 is 0. The number of pyridine rings is 1. The molecular formula is C33H55N. The molecule has 2 rings (SSSR count). The van der Waals surface area contributed by atoms with Crippen LogP contribution in [-0.4, -0.2) is 4.98 Å².